The fourth-order valence-electron chi connectivity index (χ4n) is 1.74. The zero-order valence-corrected chi connectivity index (χ0v) is 11.7. The van der Waals surface area contributed by atoms with Crippen LogP contribution < -0.4 is 15.7 Å². The lowest BCUT2D eigenvalue weighted by molar-refractivity contribution is -0.683. The molecule has 0 saturated heterocycles. The van der Waals surface area contributed by atoms with E-state index in [2.05, 4.69) is 5.32 Å². The number of quaternary nitrogens is 1. The van der Waals surface area contributed by atoms with Gasteiger partial charge in [-0.3, -0.25) is 4.79 Å². The van der Waals surface area contributed by atoms with Crippen molar-refractivity contribution >= 4 is 17.6 Å². The minimum Gasteiger partial charge on any atom is -0.544 e. The summed E-state index contributed by atoms with van der Waals surface area (Å²) in [7, 11) is 1.51. The second-order valence-corrected chi connectivity index (χ2v) is 4.35. The number of carboxylic acid groups (broad SMARTS) is 1. The van der Waals surface area contributed by atoms with E-state index in [1.54, 1.807) is 24.3 Å². The molecule has 1 atom stereocenters. The summed E-state index contributed by atoms with van der Waals surface area (Å²) >= 11 is 0. The molecule has 21 heavy (non-hydrogen) atoms. The Bertz CT molecular complexity index is 539. The Morgan fingerprint density at radius 3 is 2.81 bits per heavy atom. The predicted molar refractivity (Wildman–Crippen MR) is 71.9 cm³/mol. The zero-order valence-electron chi connectivity index (χ0n) is 11.7. The highest BCUT2D eigenvalue weighted by Gasteiger charge is 2.18. The van der Waals surface area contributed by atoms with Crippen LogP contribution in [0.4, 0.5) is 5.69 Å². The van der Waals surface area contributed by atoms with Gasteiger partial charge < -0.3 is 25.3 Å². The van der Waals surface area contributed by atoms with Crippen molar-refractivity contribution in [3.8, 4) is 6.07 Å². The molecule has 1 amide bonds. The van der Waals surface area contributed by atoms with Crippen molar-refractivity contribution in [3.63, 3.8) is 0 Å². The standard InChI is InChI=1S/C14H17N3O4/c1-21-7-6-16-12(14(19)20)8-13(18)17-11-5-3-2-4-10(11)9-15/h2-5,12,16H,6-8H2,1H3,(H,17,18)(H,19,20)/t12-/m1/s1. The molecule has 0 saturated carbocycles. The highest BCUT2D eigenvalue weighted by molar-refractivity contribution is 5.94. The number of nitriles is 1. The number of nitrogens with zero attached hydrogens (tertiary/aromatic N) is 1. The summed E-state index contributed by atoms with van der Waals surface area (Å²) in [5.74, 6) is -1.80. The summed E-state index contributed by atoms with van der Waals surface area (Å²) in [6.45, 7) is 0.792. The molecule has 0 aliphatic heterocycles. The molecule has 7 nitrogen and oxygen atoms in total. The van der Waals surface area contributed by atoms with Crippen molar-refractivity contribution in [2.45, 2.75) is 12.5 Å². The SMILES string of the molecule is COCC[NH2+][C@H](CC(=O)Nc1ccccc1C#N)C(=O)[O-]. The number of nitrogens with one attached hydrogen (secondary N) is 1. The van der Waals surface area contributed by atoms with Gasteiger partial charge in [-0.1, -0.05) is 12.1 Å². The Labute approximate surface area is 122 Å². The van der Waals surface area contributed by atoms with Crippen molar-refractivity contribution in [2.24, 2.45) is 0 Å². The number of carbonyl (C=O) groups is 2. The molecule has 0 unspecified atom stereocenters. The van der Waals surface area contributed by atoms with Crippen LogP contribution in [0.5, 0.6) is 0 Å². The second-order valence-electron chi connectivity index (χ2n) is 4.35. The van der Waals surface area contributed by atoms with Crippen LogP contribution in [0.1, 0.15) is 12.0 Å². The molecule has 0 spiro atoms. The molecule has 0 radical (unpaired) electrons. The van der Waals surface area contributed by atoms with E-state index >= 15 is 0 Å². The van der Waals surface area contributed by atoms with Gasteiger partial charge in [-0.15, -0.1) is 0 Å². The van der Waals surface area contributed by atoms with E-state index in [4.69, 9.17) is 10.00 Å². The number of benzene rings is 1. The van der Waals surface area contributed by atoms with E-state index < -0.39 is 17.9 Å². The lowest BCUT2D eigenvalue weighted by Gasteiger charge is -2.16. The van der Waals surface area contributed by atoms with Gasteiger partial charge in [0.15, 0.2) is 0 Å². The Hall–Kier alpha value is -2.43. The van der Waals surface area contributed by atoms with Gasteiger partial charge in [0.2, 0.25) is 5.91 Å². The van der Waals surface area contributed by atoms with Crippen LogP contribution in [-0.2, 0) is 14.3 Å². The molecule has 0 bridgehead atoms. The molecule has 1 aromatic carbocycles. The van der Waals surface area contributed by atoms with Crippen molar-refractivity contribution in [3.05, 3.63) is 29.8 Å². The Kier molecular flexibility index (Phi) is 6.87. The van der Waals surface area contributed by atoms with Gasteiger partial charge in [0.25, 0.3) is 0 Å². The Morgan fingerprint density at radius 2 is 2.19 bits per heavy atom. The minimum absolute atomic E-state index is 0.244. The topological polar surface area (TPSA) is 119 Å². The number of nitrogens with two attached hydrogens (primary N) is 1. The quantitative estimate of drug-likeness (QED) is 0.549. The number of ether oxygens (including phenoxy) is 1. The first kappa shape index (κ1) is 16.6. The van der Waals surface area contributed by atoms with Gasteiger partial charge in [-0.2, -0.15) is 5.26 Å². The monoisotopic (exact) mass is 291 g/mol. The fourth-order valence-corrected chi connectivity index (χ4v) is 1.74. The number of methoxy groups -OCH3 is 1. The van der Waals surface area contributed by atoms with E-state index in [-0.39, 0.29) is 6.42 Å². The molecule has 112 valence electrons. The summed E-state index contributed by atoms with van der Waals surface area (Å²) in [4.78, 5) is 22.9. The van der Waals surface area contributed by atoms with Crippen molar-refractivity contribution in [1.29, 1.82) is 5.26 Å². The van der Waals surface area contributed by atoms with E-state index in [9.17, 15) is 14.7 Å². The molecule has 0 fully saturated rings. The van der Waals surface area contributed by atoms with E-state index in [0.717, 1.165) is 0 Å². The average Bonchev–Trinajstić information content (AvgIpc) is 2.46. The third-order valence-electron chi connectivity index (χ3n) is 2.80. The third-order valence-corrected chi connectivity index (χ3v) is 2.80. The number of carbonyl (C=O) groups excluding carboxylic acids is 2. The summed E-state index contributed by atoms with van der Waals surface area (Å²) in [5.41, 5.74) is 0.679. The van der Waals surface area contributed by atoms with E-state index in [1.807, 2.05) is 6.07 Å². The number of rotatable bonds is 8. The van der Waals surface area contributed by atoms with Gasteiger partial charge in [-0.05, 0) is 12.1 Å². The molecular weight excluding hydrogens is 274 g/mol. The molecule has 0 heterocycles. The average molecular weight is 291 g/mol. The maximum Gasteiger partial charge on any atom is 0.230 e. The molecule has 3 N–H and O–H groups in total. The molecule has 0 aliphatic carbocycles. The lowest BCUT2D eigenvalue weighted by Crippen LogP contribution is -2.94. The molecule has 0 aromatic heterocycles. The molecule has 1 rings (SSSR count). The number of aliphatic carboxylic acids is 1. The van der Waals surface area contributed by atoms with Crippen molar-refractivity contribution < 1.29 is 24.7 Å². The Morgan fingerprint density at radius 1 is 1.48 bits per heavy atom. The zero-order chi connectivity index (χ0) is 15.7. The number of hydrogen-bond donors (Lipinski definition) is 2. The van der Waals surface area contributed by atoms with Gasteiger partial charge >= 0.3 is 0 Å². The second kappa shape index (κ2) is 8.68. The van der Waals surface area contributed by atoms with Crippen LogP contribution in [0.25, 0.3) is 0 Å². The van der Waals surface area contributed by atoms with Crippen LogP contribution in [0.15, 0.2) is 24.3 Å². The Balaban J connectivity index is 2.62. The smallest absolute Gasteiger partial charge is 0.230 e. The van der Waals surface area contributed by atoms with Crippen molar-refractivity contribution in [2.75, 3.05) is 25.6 Å². The third kappa shape index (κ3) is 5.60. The van der Waals surface area contributed by atoms with Gasteiger partial charge in [0, 0.05) is 7.11 Å². The number of para-hydroxylation sites is 1. The van der Waals surface area contributed by atoms with Crippen LogP contribution in [-0.4, -0.2) is 38.2 Å². The normalized spacial score (nSPS) is 11.4. The molecule has 0 aliphatic rings. The highest BCUT2D eigenvalue weighted by Crippen LogP contribution is 2.13. The van der Waals surface area contributed by atoms with Crippen LogP contribution in [0.3, 0.4) is 0 Å². The first-order valence-electron chi connectivity index (χ1n) is 6.40. The predicted octanol–water partition coefficient (Wildman–Crippen LogP) is -1.78. The fraction of sp³-hybridized carbons (Fsp3) is 0.357. The summed E-state index contributed by atoms with van der Waals surface area (Å²) < 4.78 is 4.82. The van der Waals surface area contributed by atoms with Crippen LogP contribution in [0.2, 0.25) is 0 Å². The largest absolute Gasteiger partial charge is 0.544 e. The maximum atomic E-state index is 11.9. The number of amides is 1. The first-order valence-corrected chi connectivity index (χ1v) is 6.40. The highest BCUT2D eigenvalue weighted by atomic mass is 16.5. The minimum atomic E-state index is -1.31. The number of anilines is 1. The van der Waals surface area contributed by atoms with Crippen LogP contribution >= 0.6 is 0 Å². The number of carboxylic acids is 1. The van der Waals surface area contributed by atoms with Gasteiger partial charge in [0.1, 0.15) is 12.1 Å². The van der Waals surface area contributed by atoms with Gasteiger partial charge in [0.05, 0.1) is 36.8 Å². The maximum absolute atomic E-state index is 11.9. The van der Waals surface area contributed by atoms with E-state index in [0.29, 0.717) is 24.4 Å². The van der Waals surface area contributed by atoms with Crippen molar-refractivity contribution in [1.82, 2.24) is 0 Å². The lowest BCUT2D eigenvalue weighted by atomic mass is 10.1. The molecular formula is C14H17N3O4. The van der Waals surface area contributed by atoms with E-state index in [1.165, 1.54) is 12.4 Å². The summed E-state index contributed by atoms with van der Waals surface area (Å²) in [6.07, 6.45) is -0.244. The van der Waals surface area contributed by atoms with Crippen LogP contribution in [0, 0.1) is 11.3 Å². The van der Waals surface area contributed by atoms with Gasteiger partial charge in [-0.25, -0.2) is 0 Å². The number of hydrogen-bond acceptors (Lipinski definition) is 5. The first-order chi connectivity index (χ1) is 10.1. The molecule has 7 heteroatoms. The summed E-state index contributed by atoms with van der Waals surface area (Å²) in [6, 6.07) is 7.46. The molecule has 1 aromatic rings. The summed E-state index contributed by atoms with van der Waals surface area (Å²) in [5, 5.41) is 23.9.